The molecule has 0 atom stereocenters. The van der Waals surface area contributed by atoms with Gasteiger partial charge in [-0.15, -0.1) is 0 Å². The van der Waals surface area contributed by atoms with Gasteiger partial charge in [0, 0.05) is 26.9 Å². The minimum atomic E-state index is -0.234. The molecule has 4 rings (SSSR count). The molecule has 0 aliphatic carbocycles. The first-order chi connectivity index (χ1) is 13.0. The van der Waals surface area contributed by atoms with Crippen molar-refractivity contribution in [3.8, 4) is 11.5 Å². The van der Waals surface area contributed by atoms with Crippen molar-refractivity contribution in [1.82, 2.24) is 4.98 Å². The third-order valence-electron chi connectivity index (χ3n) is 4.25. The molecule has 3 aromatic carbocycles. The molecule has 1 amide bonds. The van der Waals surface area contributed by atoms with Crippen LogP contribution < -0.4 is 5.32 Å². The van der Waals surface area contributed by atoms with Gasteiger partial charge in [-0.3, -0.25) is 4.79 Å². The number of aromatic nitrogens is 1. The summed E-state index contributed by atoms with van der Waals surface area (Å²) in [6.07, 6.45) is 0. The number of hydrogen-bond acceptors (Lipinski definition) is 3. The highest BCUT2D eigenvalue weighted by Crippen LogP contribution is 2.31. The van der Waals surface area contributed by atoms with Crippen LogP contribution in [-0.4, -0.2) is 10.9 Å². The molecule has 1 aromatic heterocycles. The first-order valence-corrected chi connectivity index (χ1v) is 9.00. The molecule has 6 heteroatoms. The monoisotopic (exact) mass is 396 g/mol. The Kier molecular flexibility index (Phi) is 4.60. The Morgan fingerprint density at radius 2 is 1.78 bits per heavy atom. The summed E-state index contributed by atoms with van der Waals surface area (Å²) in [5.74, 6) is 0.241. The molecule has 0 saturated heterocycles. The molecule has 1 N–H and O–H groups in total. The molecule has 0 bridgehead atoms. The van der Waals surface area contributed by atoms with Gasteiger partial charge in [0.05, 0.1) is 0 Å². The maximum Gasteiger partial charge on any atom is 0.255 e. The van der Waals surface area contributed by atoms with Crippen LogP contribution in [0.1, 0.15) is 15.9 Å². The zero-order valence-corrected chi connectivity index (χ0v) is 15.8. The van der Waals surface area contributed by atoms with E-state index in [0.29, 0.717) is 38.3 Å². The van der Waals surface area contributed by atoms with Crippen LogP contribution in [0.5, 0.6) is 0 Å². The van der Waals surface area contributed by atoms with E-state index in [1.54, 1.807) is 42.5 Å². The second kappa shape index (κ2) is 7.06. The van der Waals surface area contributed by atoms with Gasteiger partial charge in [-0.25, -0.2) is 4.98 Å². The summed E-state index contributed by atoms with van der Waals surface area (Å²) in [5.41, 5.74) is 4.16. The molecule has 27 heavy (non-hydrogen) atoms. The van der Waals surface area contributed by atoms with Gasteiger partial charge in [0.1, 0.15) is 5.52 Å². The minimum absolute atomic E-state index is 0.234. The number of rotatable bonds is 3. The molecular weight excluding hydrogens is 383 g/mol. The number of benzene rings is 3. The van der Waals surface area contributed by atoms with E-state index in [2.05, 4.69) is 10.3 Å². The van der Waals surface area contributed by atoms with E-state index in [9.17, 15) is 4.79 Å². The lowest BCUT2D eigenvalue weighted by molar-refractivity contribution is 0.102. The van der Waals surface area contributed by atoms with Gasteiger partial charge in [0.2, 0.25) is 5.89 Å². The highest BCUT2D eigenvalue weighted by atomic mass is 35.5. The Hall–Kier alpha value is -2.82. The molecular formula is C21H14Cl2N2O2. The number of anilines is 1. The summed E-state index contributed by atoms with van der Waals surface area (Å²) in [5, 5.41) is 4.03. The van der Waals surface area contributed by atoms with Crippen molar-refractivity contribution in [2.75, 3.05) is 5.32 Å². The zero-order chi connectivity index (χ0) is 19.0. The van der Waals surface area contributed by atoms with Crippen molar-refractivity contribution in [3.63, 3.8) is 0 Å². The van der Waals surface area contributed by atoms with Gasteiger partial charge in [0.15, 0.2) is 5.58 Å². The van der Waals surface area contributed by atoms with Gasteiger partial charge < -0.3 is 9.73 Å². The highest BCUT2D eigenvalue weighted by Gasteiger charge is 2.15. The maximum absolute atomic E-state index is 12.5. The molecule has 0 radical (unpaired) electrons. The van der Waals surface area contributed by atoms with E-state index >= 15 is 0 Å². The first-order valence-electron chi connectivity index (χ1n) is 8.24. The SMILES string of the molecule is Cc1c(NC(=O)c2cccc(Cl)c2)cccc1-c1nc2cc(Cl)ccc2o1. The van der Waals surface area contributed by atoms with E-state index in [1.165, 1.54) is 0 Å². The number of nitrogens with zero attached hydrogens (tertiary/aromatic N) is 1. The van der Waals surface area contributed by atoms with E-state index < -0.39 is 0 Å². The summed E-state index contributed by atoms with van der Waals surface area (Å²) < 4.78 is 5.85. The number of amides is 1. The Labute approximate surface area is 165 Å². The number of carbonyl (C=O) groups excluding carboxylic acids is 1. The molecule has 0 aliphatic rings. The lowest BCUT2D eigenvalue weighted by atomic mass is 10.1. The second-order valence-corrected chi connectivity index (χ2v) is 6.95. The van der Waals surface area contributed by atoms with Crippen LogP contribution in [0.3, 0.4) is 0 Å². The lowest BCUT2D eigenvalue weighted by Crippen LogP contribution is -2.12. The lowest BCUT2D eigenvalue weighted by Gasteiger charge is -2.11. The Balaban J connectivity index is 1.69. The second-order valence-electron chi connectivity index (χ2n) is 6.07. The van der Waals surface area contributed by atoms with E-state index in [4.69, 9.17) is 27.6 Å². The predicted molar refractivity (Wildman–Crippen MR) is 109 cm³/mol. The van der Waals surface area contributed by atoms with Crippen LogP contribution in [0.4, 0.5) is 5.69 Å². The molecule has 134 valence electrons. The molecule has 0 unspecified atom stereocenters. The molecule has 0 fully saturated rings. The fourth-order valence-electron chi connectivity index (χ4n) is 2.84. The van der Waals surface area contributed by atoms with Gasteiger partial charge in [-0.1, -0.05) is 35.3 Å². The van der Waals surface area contributed by atoms with E-state index in [0.717, 1.165) is 11.1 Å². The quantitative estimate of drug-likeness (QED) is 0.438. The maximum atomic E-state index is 12.5. The summed E-state index contributed by atoms with van der Waals surface area (Å²) >= 11 is 12.0. The van der Waals surface area contributed by atoms with E-state index in [-0.39, 0.29) is 5.91 Å². The normalized spacial score (nSPS) is 10.9. The van der Waals surface area contributed by atoms with Crippen LogP contribution >= 0.6 is 23.2 Å². The summed E-state index contributed by atoms with van der Waals surface area (Å²) in [6, 6.07) is 17.7. The van der Waals surface area contributed by atoms with Gasteiger partial charge in [-0.05, 0) is 61.0 Å². The fourth-order valence-corrected chi connectivity index (χ4v) is 3.20. The Morgan fingerprint density at radius 3 is 2.59 bits per heavy atom. The highest BCUT2D eigenvalue weighted by molar-refractivity contribution is 6.31. The molecule has 4 nitrogen and oxygen atoms in total. The standard InChI is InChI=1S/C21H14Cl2N2O2/c1-12-16(21-25-18-11-15(23)8-9-19(18)27-21)6-3-7-17(12)24-20(26)13-4-2-5-14(22)10-13/h2-11H,1H3,(H,24,26). The van der Waals surface area contributed by atoms with Crippen LogP contribution in [0, 0.1) is 6.92 Å². The number of fused-ring (bicyclic) bond motifs is 1. The Bertz CT molecular complexity index is 1170. The summed E-state index contributed by atoms with van der Waals surface area (Å²) in [4.78, 5) is 17.0. The number of nitrogens with one attached hydrogen (secondary N) is 1. The molecule has 4 aromatic rings. The molecule has 1 heterocycles. The van der Waals surface area contributed by atoms with Crippen molar-refractivity contribution in [3.05, 3.63) is 81.8 Å². The average molecular weight is 397 g/mol. The van der Waals surface area contributed by atoms with Crippen molar-refractivity contribution in [1.29, 1.82) is 0 Å². The van der Waals surface area contributed by atoms with Crippen molar-refractivity contribution in [2.24, 2.45) is 0 Å². The summed E-state index contributed by atoms with van der Waals surface area (Å²) in [6.45, 7) is 1.91. The summed E-state index contributed by atoms with van der Waals surface area (Å²) in [7, 11) is 0. The third kappa shape index (κ3) is 3.54. The molecule has 0 saturated carbocycles. The van der Waals surface area contributed by atoms with Crippen molar-refractivity contribution < 1.29 is 9.21 Å². The fraction of sp³-hybridized carbons (Fsp3) is 0.0476. The number of halogens is 2. The van der Waals surface area contributed by atoms with Gasteiger partial charge >= 0.3 is 0 Å². The number of carbonyl (C=O) groups is 1. The predicted octanol–water partition coefficient (Wildman–Crippen LogP) is 6.36. The van der Waals surface area contributed by atoms with E-state index in [1.807, 2.05) is 25.1 Å². The van der Waals surface area contributed by atoms with Crippen LogP contribution in [0.2, 0.25) is 10.0 Å². The molecule has 0 spiro atoms. The number of oxazole rings is 1. The van der Waals surface area contributed by atoms with Crippen molar-refractivity contribution >= 4 is 45.9 Å². The van der Waals surface area contributed by atoms with Gasteiger partial charge in [0.25, 0.3) is 5.91 Å². The molecule has 0 aliphatic heterocycles. The topological polar surface area (TPSA) is 55.1 Å². The first kappa shape index (κ1) is 17.6. The van der Waals surface area contributed by atoms with Crippen LogP contribution in [0.15, 0.2) is 65.1 Å². The van der Waals surface area contributed by atoms with Crippen LogP contribution in [-0.2, 0) is 0 Å². The Morgan fingerprint density at radius 1 is 1.00 bits per heavy atom. The largest absolute Gasteiger partial charge is 0.436 e. The average Bonchev–Trinajstić information content (AvgIpc) is 3.06. The van der Waals surface area contributed by atoms with Crippen LogP contribution in [0.25, 0.3) is 22.6 Å². The third-order valence-corrected chi connectivity index (χ3v) is 4.72. The number of hydrogen-bond donors (Lipinski definition) is 1. The smallest absolute Gasteiger partial charge is 0.255 e. The minimum Gasteiger partial charge on any atom is -0.436 e. The zero-order valence-electron chi connectivity index (χ0n) is 14.3. The van der Waals surface area contributed by atoms with Crippen molar-refractivity contribution in [2.45, 2.75) is 6.92 Å². The van der Waals surface area contributed by atoms with Gasteiger partial charge in [-0.2, -0.15) is 0 Å².